The number of pyridine rings is 2. The van der Waals surface area contributed by atoms with Gasteiger partial charge in [0.25, 0.3) is 5.91 Å². The van der Waals surface area contributed by atoms with E-state index in [1.165, 1.54) is 0 Å². The Morgan fingerprint density at radius 1 is 1.21 bits per heavy atom. The number of aromatic nitrogens is 5. The van der Waals surface area contributed by atoms with E-state index in [2.05, 4.69) is 15.4 Å². The first kappa shape index (κ1) is 20.3. The molecule has 1 atom stereocenters. The number of imidazole rings is 1. The summed E-state index contributed by atoms with van der Waals surface area (Å²) in [5.41, 5.74) is 4.30. The Balaban J connectivity index is 1.36. The molecule has 10 heteroatoms. The van der Waals surface area contributed by atoms with Gasteiger partial charge in [-0.25, -0.2) is 23.1 Å². The summed E-state index contributed by atoms with van der Waals surface area (Å²) in [6, 6.07) is 7.40. The minimum absolute atomic E-state index is 0.0635. The van der Waals surface area contributed by atoms with Gasteiger partial charge in [0.1, 0.15) is 5.65 Å². The van der Waals surface area contributed by atoms with Gasteiger partial charge in [-0.2, -0.15) is 5.10 Å². The second kappa shape index (κ2) is 7.38. The van der Waals surface area contributed by atoms with Crippen LogP contribution in [0.2, 0.25) is 0 Å². The van der Waals surface area contributed by atoms with E-state index in [-0.39, 0.29) is 23.5 Å². The molecule has 0 spiro atoms. The van der Waals surface area contributed by atoms with E-state index in [9.17, 15) is 13.2 Å². The highest BCUT2D eigenvalue weighted by Crippen LogP contribution is 2.41. The van der Waals surface area contributed by atoms with Crippen LogP contribution in [-0.2, 0) is 16.4 Å². The molecule has 9 nitrogen and oxygen atoms in total. The van der Waals surface area contributed by atoms with Crippen molar-refractivity contribution in [3.8, 4) is 0 Å². The van der Waals surface area contributed by atoms with Crippen molar-refractivity contribution in [1.82, 2.24) is 29.5 Å². The Kier molecular flexibility index (Phi) is 4.55. The molecule has 1 amide bonds. The van der Waals surface area contributed by atoms with Gasteiger partial charge in [0, 0.05) is 24.0 Å². The second-order valence-electron chi connectivity index (χ2n) is 9.04. The summed E-state index contributed by atoms with van der Waals surface area (Å²) in [5, 5.41) is 8.33. The third-order valence-electron chi connectivity index (χ3n) is 6.50. The number of nitrogens with one attached hydrogen (secondary N) is 1. The fourth-order valence-electron chi connectivity index (χ4n) is 4.66. The predicted molar refractivity (Wildman–Crippen MR) is 123 cm³/mol. The number of amides is 1. The highest BCUT2D eigenvalue weighted by Gasteiger charge is 2.34. The van der Waals surface area contributed by atoms with Crippen LogP contribution in [-0.4, -0.2) is 50.0 Å². The average molecular weight is 465 g/mol. The molecule has 1 aliphatic heterocycles. The maximum Gasteiger partial charge on any atom is 0.252 e. The molecule has 1 unspecified atom stereocenters. The van der Waals surface area contributed by atoms with E-state index in [0.29, 0.717) is 41.2 Å². The number of hydrogen-bond donors (Lipinski definition) is 1. The summed E-state index contributed by atoms with van der Waals surface area (Å²) in [6.45, 7) is 2.15. The first-order valence-electron chi connectivity index (χ1n) is 11.2. The van der Waals surface area contributed by atoms with Crippen LogP contribution in [0, 0.1) is 6.92 Å². The zero-order valence-corrected chi connectivity index (χ0v) is 19.0. The lowest BCUT2D eigenvalue weighted by atomic mass is 10.1. The minimum Gasteiger partial charge on any atom is -0.346 e. The van der Waals surface area contributed by atoms with E-state index >= 15 is 0 Å². The summed E-state index contributed by atoms with van der Waals surface area (Å²) in [6.07, 6.45) is 6.43. The Morgan fingerprint density at radius 2 is 2.06 bits per heavy atom. The number of rotatable bonds is 5. The number of nitrogens with zero attached hydrogens (tertiary/aromatic N) is 5. The lowest BCUT2D eigenvalue weighted by Gasteiger charge is -2.12. The Labute approximate surface area is 190 Å². The molecule has 5 heterocycles. The van der Waals surface area contributed by atoms with Gasteiger partial charge >= 0.3 is 0 Å². The molecule has 2 fully saturated rings. The van der Waals surface area contributed by atoms with Gasteiger partial charge in [-0.05, 0) is 44.4 Å². The predicted octanol–water partition coefficient (Wildman–Crippen LogP) is 2.55. The SMILES string of the molecule is Cc1nn(C2CCS(=O)(=O)C2)c2nc(C3CC3)cc(C(=O)NCc3cn4ccccc4n3)c12. The third-order valence-corrected chi connectivity index (χ3v) is 8.25. The molecule has 1 aliphatic carbocycles. The zero-order chi connectivity index (χ0) is 22.7. The first-order valence-corrected chi connectivity index (χ1v) is 13.0. The van der Waals surface area contributed by atoms with E-state index < -0.39 is 9.84 Å². The van der Waals surface area contributed by atoms with Crippen LogP contribution in [0.5, 0.6) is 0 Å². The van der Waals surface area contributed by atoms with Gasteiger partial charge in [0.2, 0.25) is 0 Å². The summed E-state index contributed by atoms with van der Waals surface area (Å²) >= 11 is 0. The van der Waals surface area contributed by atoms with Crippen molar-refractivity contribution >= 4 is 32.4 Å². The molecule has 0 aromatic carbocycles. The van der Waals surface area contributed by atoms with Crippen molar-refractivity contribution in [3.63, 3.8) is 0 Å². The molecule has 6 rings (SSSR count). The van der Waals surface area contributed by atoms with Crippen molar-refractivity contribution in [2.75, 3.05) is 11.5 Å². The lowest BCUT2D eigenvalue weighted by Crippen LogP contribution is -2.23. The Bertz CT molecular complexity index is 1480. The maximum absolute atomic E-state index is 13.3. The maximum atomic E-state index is 13.3. The number of hydrogen-bond acceptors (Lipinski definition) is 6. The van der Waals surface area contributed by atoms with Crippen LogP contribution in [0.3, 0.4) is 0 Å². The van der Waals surface area contributed by atoms with Crippen LogP contribution < -0.4 is 5.32 Å². The number of sulfone groups is 1. The number of aryl methyl sites for hydroxylation is 1. The zero-order valence-electron chi connectivity index (χ0n) is 18.2. The quantitative estimate of drug-likeness (QED) is 0.486. The van der Waals surface area contributed by atoms with Gasteiger partial charge < -0.3 is 9.72 Å². The molecule has 4 aromatic heterocycles. The first-order chi connectivity index (χ1) is 15.9. The van der Waals surface area contributed by atoms with Gasteiger partial charge in [-0.1, -0.05) is 6.07 Å². The van der Waals surface area contributed by atoms with Gasteiger partial charge in [0.05, 0.1) is 46.4 Å². The monoisotopic (exact) mass is 464 g/mol. The number of fused-ring (bicyclic) bond motifs is 2. The van der Waals surface area contributed by atoms with Crippen molar-refractivity contribution < 1.29 is 13.2 Å². The number of carbonyl (C=O) groups excluding carboxylic acids is 1. The molecule has 1 N–H and O–H groups in total. The molecule has 1 saturated carbocycles. The van der Waals surface area contributed by atoms with Crippen LogP contribution in [0.1, 0.15) is 58.7 Å². The normalized spacial score (nSPS) is 20.0. The van der Waals surface area contributed by atoms with Crippen LogP contribution in [0.15, 0.2) is 36.7 Å². The van der Waals surface area contributed by atoms with Crippen molar-refractivity contribution in [2.45, 2.75) is 44.7 Å². The lowest BCUT2D eigenvalue weighted by molar-refractivity contribution is 0.0952. The molecule has 0 radical (unpaired) electrons. The molecule has 2 aliphatic rings. The van der Waals surface area contributed by atoms with E-state index in [1.54, 1.807) is 4.68 Å². The van der Waals surface area contributed by atoms with Crippen molar-refractivity contribution in [2.24, 2.45) is 0 Å². The smallest absolute Gasteiger partial charge is 0.252 e. The van der Waals surface area contributed by atoms with Crippen LogP contribution in [0.25, 0.3) is 16.7 Å². The van der Waals surface area contributed by atoms with Crippen molar-refractivity contribution in [1.29, 1.82) is 0 Å². The molecular weight excluding hydrogens is 440 g/mol. The minimum atomic E-state index is -3.07. The van der Waals surface area contributed by atoms with E-state index in [4.69, 9.17) is 4.98 Å². The molecule has 0 bridgehead atoms. The van der Waals surface area contributed by atoms with Gasteiger partial charge in [-0.3, -0.25) is 4.79 Å². The Hall–Kier alpha value is -3.27. The van der Waals surface area contributed by atoms with Crippen molar-refractivity contribution in [3.05, 3.63) is 59.3 Å². The molecule has 170 valence electrons. The third kappa shape index (κ3) is 3.68. The van der Waals surface area contributed by atoms with Crippen LogP contribution in [0.4, 0.5) is 0 Å². The largest absolute Gasteiger partial charge is 0.346 e. The highest BCUT2D eigenvalue weighted by molar-refractivity contribution is 7.91. The van der Waals surface area contributed by atoms with Gasteiger partial charge in [-0.15, -0.1) is 0 Å². The summed E-state index contributed by atoms with van der Waals surface area (Å²) in [7, 11) is -3.07. The van der Waals surface area contributed by atoms with E-state index in [0.717, 1.165) is 29.9 Å². The highest BCUT2D eigenvalue weighted by atomic mass is 32.2. The standard InChI is InChI=1S/C23H24N6O3S/c1-14-21-18(23(30)24-11-16-12-28-8-3-2-4-20(28)25-16)10-19(15-5-6-15)26-22(21)29(27-14)17-7-9-33(31,32)13-17/h2-4,8,10,12,15,17H,5-7,9,11,13H2,1H3,(H,24,30). The Morgan fingerprint density at radius 3 is 2.79 bits per heavy atom. The summed E-state index contributed by atoms with van der Waals surface area (Å²) in [5.74, 6) is 0.360. The van der Waals surface area contributed by atoms with E-state index in [1.807, 2.05) is 48.0 Å². The summed E-state index contributed by atoms with van der Waals surface area (Å²) < 4.78 is 27.8. The average Bonchev–Trinajstić information content (AvgIpc) is 3.34. The second-order valence-corrected chi connectivity index (χ2v) is 11.3. The fourth-order valence-corrected chi connectivity index (χ4v) is 6.35. The molecule has 4 aromatic rings. The fraction of sp³-hybridized carbons (Fsp3) is 0.391. The molecule has 1 saturated heterocycles. The molecular formula is C23H24N6O3S. The van der Waals surface area contributed by atoms with Crippen LogP contribution >= 0.6 is 0 Å². The molecule has 33 heavy (non-hydrogen) atoms. The number of carbonyl (C=O) groups is 1. The van der Waals surface area contributed by atoms with Gasteiger partial charge in [0.15, 0.2) is 15.5 Å². The topological polar surface area (TPSA) is 111 Å². The summed E-state index contributed by atoms with van der Waals surface area (Å²) in [4.78, 5) is 22.7.